The van der Waals surface area contributed by atoms with Crippen LogP contribution in [0.25, 0.3) is 0 Å². The van der Waals surface area contributed by atoms with E-state index >= 15 is 0 Å². The molecular weight excluding hydrogens is 226 g/mol. The van der Waals surface area contributed by atoms with Gasteiger partial charge < -0.3 is 15.1 Å². The lowest BCUT2D eigenvalue weighted by atomic mass is 10.4. The number of hydrogen-bond donors (Lipinski definition) is 1. The molecule has 5 nitrogen and oxygen atoms in total. The molecule has 0 atom stereocenters. The maximum absolute atomic E-state index is 4.48. The molecule has 100 valence electrons. The number of nitrogens with zero attached hydrogens (tertiary/aromatic N) is 4. The number of nitrogens with one attached hydrogen (secondary N) is 1. The number of hydrogen-bond acceptors (Lipinski definition) is 5. The van der Waals surface area contributed by atoms with Gasteiger partial charge in [-0.1, -0.05) is 0 Å². The maximum atomic E-state index is 4.48. The van der Waals surface area contributed by atoms with E-state index < -0.39 is 0 Å². The van der Waals surface area contributed by atoms with Gasteiger partial charge in [-0.2, -0.15) is 0 Å². The predicted octanol–water partition coefficient (Wildman–Crippen LogP) is 1.36. The Morgan fingerprint density at radius 1 is 1.33 bits per heavy atom. The van der Waals surface area contributed by atoms with Gasteiger partial charge in [-0.05, 0) is 32.9 Å². The average Bonchev–Trinajstić information content (AvgIpc) is 2.88. The zero-order valence-electron chi connectivity index (χ0n) is 11.6. The predicted molar refractivity (Wildman–Crippen MR) is 75.3 cm³/mol. The van der Waals surface area contributed by atoms with Gasteiger partial charge in [0.05, 0.1) is 0 Å². The molecule has 0 radical (unpaired) electrons. The van der Waals surface area contributed by atoms with E-state index in [0.29, 0.717) is 0 Å². The van der Waals surface area contributed by atoms with Crippen molar-refractivity contribution in [3.63, 3.8) is 0 Å². The normalized spacial score (nSPS) is 15.9. The van der Waals surface area contributed by atoms with Crippen molar-refractivity contribution < 1.29 is 0 Å². The largest absolute Gasteiger partial charge is 0.373 e. The Hall–Kier alpha value is -1.36. The topological polar surface area (TPSA) is 44.3 Å². The Bertz CT molecular complexity index is 387. The molecule has 0 unspecified atom stereocenters. The molecule has 2 rings (SSSR count). The quantitative estimate of drug-likeness (QED) is 0.853. The molecule has 1 fully saturated rings. The molecule has 18 heavy (non-hydrogen) atoms. The lowest BCUT2D eigenvalue weighted by Crippen LogP contribution is -2.32. The minimum absolute atomic E-state index is 0.810. The highest BCUT2D eigenvalue weighted by Crippen LogP contribution is 2.14. The van der Waals surface area contributed by atoms with Gasteiger partial charge in [0.25, 0.3) is 0 Å². The third-order valence-corrected chi connectivity index (χ3v) is 3.42. The van der Waals surface area contributed by atoms with Gasteiger partial charge in [0, 0.05) is 33.3 Å². The molecule has 1 aliphatic rings. The van der Waals surface area contributed by atoms with Crippen LogP contribution in [0.4, 0.5) is 11.6 Å². The summed E-state index contributed by atoms with van der Waals surface area (Å²) in [7, 11) is 3.98. The number of aromatic nitrogens is 2. The zero-order chi connectivity index (χ0) is 13.0. The molecule has 0 saturated carbocycles. The van der Waals surface area contributed by atoms with Crippen LogP contribution in [0.15, 0.2) is 6.07 Å². The van der Waals surface area contributed by atoms with E-state index in [4.69, 9.17) is 0 Å². The van der Waals surface area contributed by atoms with Crippen molar-refractivity contribution >= 4 is 11.6 Å². The van der Waals surface area contributed by atoms with Crippen LogP contribution >= 0.6 is 0 Å². The highest BCUT2D eigenvalue weighted by atomic mass is 15.2. The van der Waals surface area contributed by atoms with E-state index in [1.165, 1.54) is 25.9 Å². The van der Waals surface area contributed by atoms with E-state index in [9.17, 15) is 0 Å². The third-order valence-electron chi connectivity index (χ3n) is 3.42. The van der Waals surface area contributed by atoms with Crippen molar-refractivity contribution in [1.82, 2.24) is 14.9 Å². The lowest BCUT2D eigenvalue weighted by Gasteiger charge is -2.22. The average molecular weight is 249 g/mol. The summed E-state index contributed by atoms with van der Waals surface area (Å²) in [6, 6.07) is 2.00. The first-order valence-corrected chi connectivity index (χ1v) is 6.66. The molecule has 0 spiro atoms. The Morgan fingerprint density at radius 3 is 2.72 bits per heavy atom. The third kappa shape index (κ3) is 3.32. The number of aryl methyl sites for hydroxylation is 1. The molecule has 1 aliphatic heterocycles. The first-order chi connectivity index (χ1) is 8.69. The Kier molecular flexibility index (Phi) is 4.36. The summed E-state index contributed by atoms with van der Waals surface area (Å²) in [4.78, 5) is 13.5. The highest BCUT2D eigenvalue weighted by Gasteiger charge is 2.12. The molecule has 0 amide bonds. The number of likely N-dealkylation sites (tertiary alicyclic amines) is 1. The van der Waals surface area contributed by atoms with E-state index in [-0.39, 0.29) is 0 Å². The smallest absolute Gasteiger partial charge is 0.134 e. The molecule has 1 aromatic rings. The lowest BCUT2D eigenvalue weighted by molar-refractivity contribution is 0.346. The molecule has 2 heterocycles. The molecule has 1 N–H and O–H groups in total. The van der Waals surface area contributed by atoms with Gasteiger partial charge in [-0.15, -0.1) is 0 Å². The summed E-state index contributed by atoms with van der Waals surface area (Å²) in [5, 5.41) is 3.07. The minimum Gasteiger partial charge on any atom is -0.373 e. The Labute approximate surface area is 109 Å². The number of rotatable bonds is 5. The first kappa shape index (κ1) is 13.1. The summed E-state index contributed by atoms with van der Waals surface area (Å²) in [5.74, 6) is 2.68. The summed E-state index contributed by atoms with van der Waals surface area (Å²) < 4.78 is 0. The fraction of sp³-hybridized carbons (Fsp3) is 0.692. The van der Waals surface area contributed by atoms with E-state index in [1.54, 1.807) is 0 Å². The van der Waals surface area contributed by atoms with E-state index in [0.717, 1.165) is 30.5 Å². The van der Waals surface area contributed by atoms with Crippen molar-refractivity contribution in [2.75, 3.05) is 50.5 Å². The van der Waals surface area contributed by atoms with Crippen molar-refractivity contribution in [3.05, 3.63) is 11.9 Å². The fourth-order valence-electron chi connectivity index (χ4n) is 2.29. The van der Waals surface area contributed by atoms with Gasteiger partial charge in [-0.25, -0.2) is 9.97 Å². The fourth-order valence-corrected chi connectivity index (χ4v) is 2.29. The van der Waals surface area contributed by atoms with Crippen molar-refractivity contribution in [2.24, 2.45) is 0 Å². The maximum Gasteiger partial charge on any atom is 0.134 e. The van der Waals surface area contributed by atoms with Crippen molar-refractivity contribution in [3.8, 4) is 0 Å². The second-order valence-electron chi connectivity index (χ2n) is 4.88. The van der Waals surface area contributed by atoms with Crippen LogP contribution in [0, 0.1) is 6.92 Å². The van der Waals surface area contributed by atoms with Gasteiger partial charge in [0.15, 0.2) is 0 Å². The Balaban J connectivity index is 1.94. The molecule has 0 bridgehead atoms. The van der Waals surface area contributed by atoms with Crippen molar-refractivity contribution in [1.29, 1.82) is 0 Å². The molecule has 1 saturated heterocycles. The summed E-state index contributed by atoms with van der Waals surface area (Å²) in [6.45, 7) is 6.56. The first-order valence-electron chi connectivity index (χ1n) is 6.66. The molecule has 0 aliphatic carbocycles. The van der Waals surface area contributed by atoms with Crippen LogP contribution in [0.1, 0.15) is 18.7 Å². The monoisotopic (exact) mass is 249 g/mol. The second kappa shape index (κ2) is 6.00. The molecule has 0 aromatic carbocycles. The van der Waals surface area contributed by atoms with E-state index in [2.05, 4.69) is 32.1 Å². The van der Waals surface area contributed by atoms with E-state index in [1.807, 2.05) is 20.0 Å². The summed E-state index contributed by atoms with van der Waals surface area (Å²) >= 11 is 0. The minimum atomic E-state index is 0.810. The van der Waals surface area contributed by atoms with Gasteiger partial charge in [0.2, 0.25) is 0 Å². The molecule has 1 aromatic heterocycles. The standard InChI is InChI=1S/C13H23N5/c1-11-15-12(14-2)10-13(16-11)17(3)8-9-18-6-4-5-7-18/h10H,4-9H2,1-3H3,(H,14,15,16). The molecule has 5 heteroatoms. The number of likely N-dealkylation sites (N-methyl/N-ethyl adjacent to an activating group) is 1. The zero-order valence-corrected chi connectivity index (χ0v) is 11.6. The Morgan fingerprint density at radius 2 is 2.06 bits per heavy atom. The number of anilines is 2. The van der Waals surface area contributed by atoms with Gasteiger partial charge in [0.1, 0.15) is 17.5 Å². The van der Waals surface area contributed by atoms with Crippen LogP contribution in [0.3, 0.4) is 0 Å². The van der Waals surface area contributed by atoms with Crippen LogP contribution < -0.4 is 10.2 Å². The SMILES string of the molecule is CNc1cc(N(C)CCN2CCCC2)nc(C)n1. The van der Waals surface area contributed by atoms with Crippen LogP contribution in [0.5, 0.6) is 0 Å². The van der Waals surface area contributed by atoms with Gasteiger partial charge in [-0.3, -0.25) is 0 Å². The summed E-state index contributed by atoms with van der Waals surface area (Å²) in [6.07, 6.45) is 2.69. The van der Waals surface area contributed by atoms with Crippen LogP contribution in [-0.2, 0) is 0 Å². The van der Waals surface area contributed by atoms with Crippen LogP contribution in [0.2, 0.25) is 0 Å². The summed E-state index contributed by atoms with van der Waals surface area (Å²) in [5.41, 5.74) is 0. The molecular formula is C13H23N5. The second-order valence-corrected chi connectivity index (χ2v) is 4.88. The van der Waals surface area contributed by atoms with Crippen LogP contribution in [-0.4, -0.2) is 55.1 Å². The highest BCUT2D eigenvalue weighted by molar-refractivity contribution is 5.48. The van der Waals surface area contributed by atoms with Crippen molar-refractivity contribution in [2.45, 2.75) is 19.8 Å². The van der Waals surface area contributed by atoms with Gasteiger partial charge >= 0.3 is 0 Å².